The van der Waals surface area contributed by atoms with Crippen LogP contribution < -0.4 is 15.0 Å². The molecule has 2 unspecified atom stereocenters. The Kier molecular flexibility index (Phi) is 4.04. The first kappa shape index (κ1) is 13.6. The van der Waals surface area contributed by atoms with Crippen LogP contribution in [-0.4, -0.2) is 25.7 Å². The van der Waals surface area contributed by atoms with Gasteiger partial charge in [0.15, 0.2) is 0 Å². The van der Waals surface area contributed by atoms with E-state index < -0.39 is 0 Å². The molecule has 3 nitrogen and oxygen atoms in total. The summed E-state index contributed by atoms with van der Waals surface area (Å²) in [7, 11) is 0. The predicted octanol–water partition coefficient (Wildman–Crippen LogP) is 3.90. The first-order valence-corrected chi connectivity index (χ1v) is 8.09. The van der Waals surface area contributed by atoms with E-state index >= 15 is 0 Å². The number of piperidine rings is 1. The molecule has 1 aromatic rings. The summed E-state index contributed by atoms with van der Waals surface area (Å²) in [5.74, 6) is 1.92. The summed E-state index contributed by atoms with van der Waals surface area (Å²) in [6, 6.07) is 7.10. The molecule has 2 aliphatic heterocycles. The van der Waals surface area contributed by atoms with Gasteiger partial charge in [0, 0.05) is 19.1 Å². The Balaban J connectivity index is 1.83. The summed E-state index contributed by atoms with van der Waals surface area (Å²) in [6.07, 6.45) is 5.01. The molecule has 110 valence electrons. The van der Waals surface area contributed by atoms with Crippen LogP contribution in [-0.2, 0) is 0 Å². The van der Waals surface area contributed by atoms with Gasteiger partial charge in [0.1, 0.15) is 11.4 Å². The predicted molar refractivity (Wildman–Crippen MR) is 84.9 cm³/mol. The Morgan fingerprint density at radius 3 is 3.05 bits per heavy atom. The van der Waals surface area contributed by atoms with E-state index in [-0.39, 0.29) is 0 Å². The van der Waals surface area contributed by atoms with Crippen molar-refractivity contribution in [2.24, 2.45) is 5.92 Å². The van der Waals surface area contributed by atoms with Gasteiger partial charge in [-0.25, -0.2) is 0 Å². The lowest BCUT2D eigenvalue weighted by Gasteiger charge is -2.45. The van der Waals surface area contributed by atoms with Gasteiger partial charge in [-0.05, 0) is 37.3 Å². The molecule has 3 rings (SSSR count). The zero-order valence-electron chi connectivity index (χ0n) is 12.7. The van der Waals surface area contributed by atoms with Crippen molar-refractivity contribution >= 4 is 11.4 Å². The molecule has 1 N–H and O–H groups in total. The van der Waals surface area contributed by atoms with Crippen LogP contribution >= 0.6 is 0 Å². The van der Waals surface area contributed by atoms with Crippen molar-refractivity contribution in [3.8, 4) is 5.75 Å². The molecule has 0 radical (unpaired) electrons. The third kappa shape index (κ3) is 2.46. The minimum atomic E-state index is 0.655. The fourth-order valence-corrected chi connectivity index (χ4v) is 3.50. The number of nitrogens with one attached hydrogen (secondary N) is 1. The Labute approximate surface area is 122 Å². The monoisotopic (exact) mass is 274 g/mol. The highest BCUT2D eigenvalue weighted by molar-refractivity contribution is 5.79. The molecule has 0 spiro atoms. The number of hydrogen-bond acceptors (Lipinski definition) is 3. The summed E-state index contributed by atoms with van der Waals surface area (Å²) in [4.78, 5) is 2.59. The molecule has 0 aliphatic carbocycles. The Bertz CT molecular complexity index is 460. The van der Waals surface area contributed by atoms with E-state index in [0.717, 1.165) is 31.2 Å². The van der Waals surface area contributed by atoms with Gasteiger partial charge in [0.2, 0.25) is 0 Å². The molecule has 0 saturated carbocycles. The molecule has 1 saturated heterocycles. The largest absolute Gasteiger partial charge is 0.491 e. The van der Waals surface area contributed by atoms with E-state index in [0.29, 0.717) is 6.04 Å². The molecule has 0 amide bonds. The van der Waals surface area contributed by atoms with Crippen molar-refractivity contribution in [2.75, 3.05) is 29.9 Å². The van der Waals surface area contributed by atoms with E-state index in [1.54, 1.807) is 0 Å². The van der Waals surface area contributed by atoms with Crippen molar-refractivity contribution < 1.29 is 4.74 Å². The van der Waals surface area contributed by atoms with Crippen LogP contribution in [0.25, 0.3) is 0 Å². The second kappa shape index (κ2) is 5.94. The maximum Gasteiger partial charge on any atom is 0.144 e. The number of anilines is 2. The van der Waals surface area contributed by atoms with Crippen molar-refractivity contribution in [1.29, 1.82) is 0 Å². The quantitative estimate of drug-likeness (QED) is 0.901. The number of rotatable bonds is 4. The molecule has 0 bridgehead atoms. The fraction of sp³-hybridized carbons (Fsp3) is 0.647. The molecular formula is C17H26N2O. The minimum Gasteiger partial charge on any atom is -0.491 e. The SMILES string of the molecule is CCCOc1cccc2c1NCC1CC(CC)CCN21. The van der Waals surface area contributed by atoms with Crippen LogP contribution in [0, 0.1) is 5.92 Å². The normalized spacial score (nSPS) is 24.6. The third-order valence-corrected chi connectivity index (χ3v) is 4.69. The number of ether oxygens (including phenoxy) is 1. The van der Waals surface area contributed by atoms with Crippen LogP contribution in [0.5, 0.6) is 5.75 Å². The first-order chi connectivity index (χ1) is 9.83. The van der Waals surface area contributed by atoms with E-state index in [9.17, 15) is 0 Å². The lowest BCUT2D eigenvalue weighted by atomic mass is 9.87. The number of para-hydroxylation sites is 1. The van der Waals surface area contributed by atoms with Gasteiger partial charge in [-0.1, -0.05) is 26.3 Å². The highest BCUT2D eigenvalue weighted by Crippen LogP contribution is 2.42. The minimum absolute atomic E-state index is 0.655. The van der Waals surface area contributed by atoms with Gasteiger partial charge in [0.05, 0.1) is 12.3 Å². The van der Waals surface area contributed by atoms with E-state index in [1.807, 2.05) is 0 Å². The lowest BCUT2D eigenvalue weighted by molar-refractivity contribution is 0.314. The Hall–Kier alpha value is -1.38. The lowest BCUT2D eigenvalue weighted by Crippen LogP contribution is -2.49. The van der Waals surface area contributed by atoms with Gasteiger partial charge >= 0.3 is 0 Å². The number of fused-ring (bicyclic) bond motifs is 3. The smallest absolute Gasteiger partial charge is 0.144 e. The van der Waals surface area contributed by atoms with Gasteiger partial charge in [-0.2, -0.15) is 0 Å². The molecule has 1 aromatic carbocycles. The van der Waals surface area contributed by atoms with Crippen molar-refractivity contribution in [3.63, 3.8) is 0 Å². The summed E-state index contributed by atoms with van der Waals surface area (Å²) < 4.78 is 5.89. The van der Waals surface area contributed by atoms with E-state index in [1.165, 1.54) is 37.2 Å². The fourth-order valence-electron chi connectivity index (χ4n) is 3.50. The average molecular weight is 274 g/mol. The maximum atomic E-state index is 5.89. The van der Waals surface area contributed by atoms with Crippen molar-refractivity contribution in [2.45, 2.75) is 45.6 Å². The molecule has 2 atom stereocenters. The summed E-state index contributed by atoms with van der Waals surface area (Å²) in [5.41, 5.74) is 2.54. The molecule has 3 heteroatoms. The van der Waals surface area contributed by atoms with E-state index in [4.69, 9.17) is 4.74 Å². The van der Waals surface area contributed by atoms with Crippen LogP contribution in [0.2, 0.25) is 0 Å². The van der Waals surface area contributed by atoms with Crippen molar-refractivity contribution in [3.05, 3.63) is 18.2 Å². The first-order valence-electron chi connectivity index (χ1n) is 8.09. The topological polar surface area (TPSA) is 24.5 Å². The second-order valence-electron chi connectivity index (χ2n) is 6.03. The summed E-state index contributed by atoms with van der Waals surface area (Å²) in [5, 5.41) is 3.62. The van der Waals surface area contributed by atoms with Crippen molar-refractivity contribution in [1.82, 2.24) is 0 Å². The summed E-state index contributed by atoms with van der Waals surface area (Å²) in [6.45, 7) is 7.50. The van der Waals surface area contributed by atoms with Crippen LogP contribution in [0.15, 0.2) is 18.2 Å². The van der Waals surface area contributed by atoms with E-state index in [2.05, 4.69) is 42.3 Å². The molecule has 20 heavy (non-hydrogen) atoms. The van der Waals surface area contributed by atoms with Gasteiger partial charge in [0.25, 0.3) is 0 Å². The van der Waals surface area contributed by atoms with Gasteiger partial charge in [-0.3, -0.25) is 0 Å². The third-order valence-electron chi connectivity index (χ3n) is 4.69. The Morgan fingerprint density at radius 1 is 1.35 bits per heavy atom. The Morgan fingerprint density at radius 2 is 2.25 bits per heavy atom. The summed E-state index contributed by atoms with van der Waals surface area (Å²) >= 11 is 0. The molecule has 1 fully saturated rings. The molecule has 2 aliphatic rings. The van der Waals surface area contributed by atoms with Gasteiger partial charge < -0.3 is 15.0 Å². The molecule has 2 heterocycles. The molecular weight excluding hydrogens is 248 g/mol. The number of benzene rings is 1. The zero-order chi connectivity index (χ0) is 13.9. The molecule has 0 aromatic heterocycles. The highest BCUT2D eigenvalue weighted by atomic mass is 16.5. The van der Waals surface area contributed by atoms with Gasteiger partial charge in [-0.15, -0.1) is 0 Å². The maximum absolute atomic E-state index is 5.89. The number of hydrogen-bond donors (Lipinski definition) is 1. The highest BCUT2D eigenvalue weighted by Gasteiger charge is 2.32. The number of nitrogens with zero attached hydrogens (tertiary/aromatic N) is 1. The van der Waals surface area contributed by atoms with Crippen LogP contribution in [0.3, 0.4) is 0 Å². The van der Waals surface area contributed by atoms with Crippen LogP contribution in [0.4, 0.5) is 11.4 Å². The zero-order valence-corrected chi connectivity index (χ0v) is 12.7. The second-order valence-corrected chi connectivity index (χ2v) is 6.03. The average Bonchev–Trinajstić information content (AvgIpc) is 2.51. The van der Waals surface area contributed by atoms with Crippen LogP contribution in [0.1, 0.15) is 39.5 Å². The standard InChI is InChI=1S/C17H26N2O/c1-3-10-20-16-7-5-6-15-17(16)18-12-14-11-13(4-2)8-9-19(14)15/h5-7,13-14,18H,3-4,8-12H2,1-2H3.